The zero-order valence-corrected chi connectivity index (χ0v) is 12.2. The lowest BCUT2D eigenvalue weighted by atomic mass is 9.77. The molecule has 2 heteroatoms. The van der Waals surface area contributed by atoms with Crippen molar-refractivity contribution in [2.24, 2.45) is 0 Å². The maximum Gasteiger partial charge on any atom is 0.123 e. The molecule has 1 aromatic carbocycles. The summed E-state index contributed by atoms with van der Waals surface area (Å²) in [5.74, 6) is 1.05. The van der Waals surface area contributed by atoms with Gasteiger partial charge >= 0.3 is 0 Å². The molecule has 0 amide bonds. The first-order valence-electron chi connectivity index (χ1n) is 7.93. The number of nitrogens with one attached hydrogen (secondary N) is 1. The van der Waals surface area contributed by atoms with Crippen LogP contribution in [-0.2, 0) is 6.42 Å². The molecule has 0 spiro atoms. The minimum atomic E-state index is 0.0825. The Balaban J connectivity index is 1.62. The summed E-state index contributed by atoms with van der Waals surface area (Å²) in [4.78, 5) is 0. The lowest BCUT2D eigenvalue weighted by Gasteiger charge is -2.42. The average molecular weight is 271 g/mol. The number of allylic oxidation sites excluding steroid dienone is 1. The third-order valence-electron chi connectivity index (χ3n) is 4.52. The molecule has 3 rings (SSSR count). The van der Waals surface area contributed by atoms with Gasteiger partial charge < -0.3 is 10.1 Å². The van der Waals surface area contributed by atoms with Gasteiger partial charge in [0.25, 0.3) is 0 Å². The van der Waals surface area contributed by atoms with E-state index in [1.807, 2.05) is 6.08 Å². The van der Waals surface area contributed by atoms with Gasteiger partial charge in [0.1, 0.15) is 11.4 Å². The van der Waals surface area contributed by atoms with Crippen molar-refractivity contribution in [1.29, 1.82) is 0 Å². The van der Waals surface area contributed by atoms with Gasteiger partial charge in [-0.15, -0.1) is 6.58 Å². The van der Waals surface area contributed by atoms with Gasteiger partial charge in [-0.1, -0.05) is 24.3 Å². The molecule has 0 unspecified atom stereocenters. The summed E-state index contributed by atoms with van der Waals surface area (Å²) in [6.45, 7) is 4.93. The second-order valence-corrected chi connectivity index (χ2v) is 6.22. The highest BCUT2D eigenvalue weighted by atomic mass is 16.5. The quantitative estimate of drug-likeness (QED) is 0.725. The number of para-hydroxylation sites is 1. The van der Waals surface area contributed by atoms with Crippen molar-refractivity contribution in [3.05, 3.63) is 42.5 Å². The Morgan fingerprint density at radius 3 is 2.75 bits per heavy atom. The number of hydrogen-bond donors (Lipinski definition) is 1. The maximum absolute atomic E-state index is 6.44. The molecule has 0 saturated heterocycles. The highest BCUT2D eigenvalue weighted by molar-refractivity contribution is 5.35. The maximum atomic E-state index is 6.44. The van der Waals surface area contributed by atoms with Crippen LogP contribution in [0.15, 0.2) is 36.9 Å². The van der Waals surface area contributed by atoms with E-state index in [2.05, 4.69) is 36.2 Å². The van der Waals surface area contributed by atoms with Gasteiger partial charge in [0.15, 0.2) is 0 Å². The number of benzene rings is 1. The van der Waals surface area contributed by atoms with E-state index in [9.17, 15) is 0 Å². The summed E-state index contributed by atoms with van der Waals surface area (Å²) in [6.07, 6.45) is 10.4. The van der Waals surface area contributed by atoms with E-state index in [4.69, 9.17) is 4.74 Å². The molecule has 0 aliphatic heterocycles. The molecule has 0 radical (unpaired) electrons. The summed E-state index contributed by atoms with van der Waals surface area (Å²) in [5, 5.41) is 3.61. The Morgan fingerprint density at radius 1 is 1.30 bits per heavy atom. The molecule has 2 saturated carbocycles. The second kappa shape index (κ2) is 6.01. The van der Waals surface area contributed by atoms with E-state index in [0.717, 1.165) is 31.2 Å². The first-order chi connectivity index (χ1) is 9.81. The van der Waals surface area contributed by atoms with Crippen LogP contribution in [0.4, 0.5) is 0 Å². The Morgan fingerprint density at radius 2 is 2.10 bits per heavy atom. The van der Waals surface area contributed by atoms with Crippen molar-refractivity contribution in [1.82, 2.24) is 5.32 Å². The van der Waals surface area contributed by atoms with Crippen LogP contribution in [0.25, 0.3) is 0 Å². The van der Waals surface area contributed by atoms with Crippen molar-refractivity contribution in [2.75, 3.05) is 6.54 Å². The van der Waals surface area contributed by atoms with E-state index in [0.29, 0.717) is 0 Å². The normalized spacial score (nSPS) is 20.2. The first-order valence-corrected chi connectivity index (χ1v) is 7.93. The van der Waals surface area contributed by atoms with Crippen LogP contribution >= 0.6 is 0 Å². The minimum Gasteiger partial charge on any atom is -0.487 e. The SMILES string of the molecule is C=CCc1ccccc1OC1(CCNC2CC2)CCC1. The van der Waals surface area contributed by atoms with E-state index < -0.39 is 0 Å². The molecule has 0 atom stereocenters. The van der Waals surface area contributed by atoms with E-state index in [-0.39, 0.29) is 5.60 Å². The Bertz CT molecular complexity index is 460. The molecular weight excluding hydrogens is 246 g/mol. The molecule has 2 nitrogen and oxygen atoms in total. The van der Waals surface area contributed by atoms with E-state index >= 15 is 0 Å². The summed E-state index contributed by atoms with van der Waals surface area (Å²) >= 11 is 0. The lowest BCUT2D eigenvalue weighted by Crippen LogP contribution is -2.45. The van der Waals surface area contributed by atoms with Crippen LogP contribution < -0.4 is 10.1 Å². The van der Waals surface area contributed by atoms with Gasteiger partial charge in [0.05, 0.1) is 0 Å². The van der Waals surface area contributed by atoms with Gasteiger partial charge in [-0.05, 0) is 63.1 Å². The van der Waals surface area contributed by atoms with Crippen LogP contribution in [0.5, 0.6) is 5.75 Å². The average Bonchev–Trinajstić information content (AvgIpc) is 3.22. The van der Waals surface area contributed by atoms with Crippen LogP contribution in [0, 0.1) is 0 Å². The fraction of sp³-hybridized carbons (Fsp3) is 0.556. The van der Waals surface area contributed by atoms with Crippen LogP contribution in [0.2, 0.25) is 0 Å². The van der Waals surface area contributed by atoms with Gasteiger partial charge in [-0.2, -0.15) is 0 Å². The van der Waals surface area contributed by atoms with Gasteiger partial charge in [-0.3, -0.25) is 0 Å². The third-order valence-corrected chi connectivity index (χ3v) is 4.52. The molecule has 1 aromatic rings. The molecule has 20 heavy (non-hydrogen) atoms. The Hall–Kier alpha value is -1.28. The van der Waals surface area contributed by atoms with Crippen molar-refractivity contribution >= 4 is 0 Å². The van der Waals surface area contributed by atoms with Gasteiger partial charge in [0, 0.05) is 6.04 Å². The number of ether oxygens (including phenoxy) is 1. The van der Waals surface area contributed by atoms with Crippen molar-refractivity contribution in [3.63, 3.8) is 0 Å². The molecular formula is C18H25NO. The summed E-state index contributed by atoms with van der Waals surface area (Å²) < 4.78 is 6.44. The molecule has 0 heterocycles. The minimum absolute atomic E-state index is 0.0825. The van der Waals surface area contributed by atoms with Crippen LogP contribution in [0.3, 0.4) is 0 Å². The number of rotatable bonds is 8. The van der Waals surface area contributed by atoms with Crippen molar-refractivity contribution in [2.45, 2.75) is 56.6 Å². The predicted octanol–water partition coefficient (Wildman–Crippen LogP) is 3.86. The molecule has 0 aromatic heterocycles. The molecule has 108 valence electrons. The highest BCUT2D eigenvalue weighted by Gasteiger charge is 2.39. The lowest BCUT2D eigenvalue weighted by molar-refractivity contribution is -0.0149. The smallest absolute Gasteiger partial charge is 0.123 e. The summed E-state index contributed by atoms with van der Waals surface area (Å²) in [5.41, 5.74) is 1.34. The topological polar surface area (TPSA) is 21.3 Å². The zero-order valence-electron chi connectivity index (χ0n) is 12.2. The van der Waals surface area contributed by atoms with Gasteiger partial charge in [0.2, 0.25) is 0 Å². The van der Waals surface area contributed by atoms with Gasteiger partial charge in [-0.25, -0.2) is 0 Å². The van der Waals surface area contributed by atoms with Crippen molar-refractivity contribution in [3.8, 4) is 5.75 Å². The number of hydrogen-bond acceptors (Lipinski definition) is 2. The van der Waals surface area contributed by atoms with E-state index in [1.165, 1.54) is 37.7 Å². The molecule has 0 bridgehead atoms. The fourth-order valence-electron chi connectivity index (χ4n) is 2.93. The largest absolute Gasteiger partial charge is 0.487 e. The predicted molar refractivity (Wildman–Crippen MR) is 83.2 cm³/mol. The third kappa shape index (κ3) is 3.24. The molecule has 2 fully saturated rings. The first kappa shape index (κ1) is 13.7. The molecule has 1 N–H and O–H groups in total. The second-order valence-electron chi connectivity index (χ2n) is 6.22. The summed E-state index contributed by atoms with van der Waals surface area (Å²) in [6, 6.07) is 9.18. The molecule has 2 aliphatic carbocycles. The fourth-order valence-corrected chi connectivity index (χ4v) is 2.93. The zero-order chi connectivity index (χ0) is 13.8. The van der Waals surface area contributed by atoms with Crippen molar-refractivity contribution < 1.29 is 4.74 Å². The summed E-state index contributed by atoms with van der Waals surface area (Å²) in [7, 11) is 0. The molecule has 2 aliphatic rings. The Labute approximate surface area is 122 Å². The van der Waals surface area contributed by atoms with E-state index in [1.54, 1.807) is 0 Å². The monoisotopic (exact) mass is 271 g/mol. The standard InChI is InChI=1S/C18H25NO/c1-2-6-15-7-3-4-8-17(15)20-18(11-5-12-18)13-14-19-16-9-10-16/h2-4,7-8,16,19H,1,5-6,9-14H2. The van der Waals surface area contributed by atoms with Crippen LogP contribution in [0.1, 0.15) is 44.1 Å². The highest BCUT2D eigenvalue weighted by Crippen LogP contribution is 2.40. The Kier molecular flexibility index (Phi) is 4.11. The van der Waals surface area contributed by atoms with Crippen LogP contribution in [-0.4, -0.2) is 18.2 Å².